The highest BCUT2D eigenvalue weighted by Crippen LogP contribution is 2.26. The van der Waals surface area contributed by atoms with Crippen LogP contribution in [0.2, 0.25) is 10.0 Å². The van der Waals surface area contributed by atoms with Gasteiger partial charge < -0.3 is 10.1 Å². The molecule has 0 spiro atoms. The van der Waals surface area contributed by atoms with E-state index in [2.05, 4.69) is 27.8 Å². The maximum atomic E-state index is 11.4. The molecule has 0 heterocycles. The first kappa shape index (κ1) is 15.3. The molecule has 0 saturated heterocycles. The lowest BCUT2D eigenvalue weighted by atomic mass is 10.3. The van der Waals surface area contributed by atoms with E-state index in [1.54, 1.807) is 18.2 Å². The van der Waals surface area contributed by atoms with Crippen LogP contribution in [0.15, 0.2) is 29.3 Å². The Balaban J connectivity index is 2.30. The van der Waals surface area contributed by atoms with E-state index in [4.69, 9.17) is 27.9 Å². The Morgan fingerprint density at radius 2 is 2.11 bits per heavy atom. The van der Waals surface area contributed by atoms with Crippen molar-refractivity contribution in [3.63, 3.8) is 0 Å². The summed E-state index contributed by atoms with van der Waals surface area (Å²) in [5, 5.41) is 3.57. The average Bonchev–Trinajstić information content (AvgIpc) is 2.31. The van der Waals surface area contributed by atoms with Gasteiger partial charge in [0.2, 0.25) is 5.91 Å². The minimum absolute atomic E-state index is 0.101. The average molecular weight is 353 g/mol. The third kappa shape index (κ3) is 5.76. The second kappa shape index (κ2) is 7.67. The van der Waals surface area contributed by atoms with Crippen molar-refractivity contribution < 1.29 is 9.53 Å². The molecule has 1 rings (SSSR count). The zero-order valence-corrected chi connectivity index (χ0v) is 12.6. The summed E-state index contributed by atoms with van der Waals surface area (Å²) >= 11 is 14.8. The molecule has 0 aliphatic heterocycles. The molecule has 1 aromatic carbocycles. The smallest absolute Gasteiger partial charge is 0.223 e. The Morgan fingerprint density at radius 1 is 1.39 bits per heavy atom. The van der Waals surface area contributed by atoms with Crippen LogP contribution < -0.4 is 10.1 Å². The quantitative estimate of drug-likeness (QED) is 0.845. The van der Waals surface area contributed by atoms with Crippen molar-refractivity contribution in [3.8, 4) is 5.75 Å². The first-order valence-corrected chi connectivity index (χ1v) is 6.72. The Kier molecular flexibility index (Phi) is 6.54. The molecular formula is C12H12BrCl2NO2. The molecule has 18 heavy (non-hydrogen) atoms. The summed E-state index contributed by atoms with van der Waals surface area (Å²) in [6.07, 6.45) is 0.264. The van der Waals surface area contributed by atoms with Gasteiger partial charge in [-0.2, -0.15) is 0 Å². The predicted octanol–water partition coefficient (Wildman–Crippen LogP) is 3.79. The van der Waals surface area contributed by atoms with Crippen molar-refractivity contribution in [2.24, 2.45) is 0 Å². The SMILES string of the molecule is C=C(Br)CNC(=O)CCOc1ccc(Cl)c(Cl)c1. The third-order valence-electron chi connectivity index (χ3n) is 1.97. The number of hydrogen-bond acceptors (Lipinski definition) is 2. The maximum Gasteiger partial charge on any atom is 0.223 e. The van der Waals surface area contributed by atoms with Gasteiger partial charge in [-0.05, 0) is 12.1 Å². The molecule has 0 atom stereocenters. The number of carbonyl (C=O) groups is 1. The van der Waals surface area contributed by atoms with Crippen LogP contribution in [0.25, 0.3) is 0 Å². The van der Waals surface area contributed by atoms with Gasteiger partial charge in [-0.1, -0.05) is 45.7 Å². The van der Waals surface area contributed by atoms with Crippen LogP contribution >= 0.6 is 39.1 Å². The van der Waals surface area contributed by atoms with Gasteiger partial charge in [-0.15, -0.1) is 0 Å². The largest absolute Gasteiger partial charge is 0.493 e. The molecule has 1 aromatic rings. The molecule has 0 unspecified atom stereocenters. The van der Waals surface area contributed by atoms with Crippen molar-refractivity contribution in [1.82, 2.24) is 5.32 Å². The first-order valence-electron chi connectivity index (χ1n) is 5.17. The van der Waals surface area contributed by atoms with Gasteiger partial charge in [0.05, 0.1) is 23.1 Å². The van der Waals surface area contributed by atoms with Gasteiger partial charge in [0.1, 0.15) is 5.75 Å². The van der Waals surface area contributed by atoms with Crippen LogP contribution in [-0.2, 0) is 4.79 Å². The standard InChI is InChI=1S/C12H12BrCl2NO2/c1-8(13)7-16-12(17)4-5-18-9-2-3-10(14)11(15)6-9/h2-3,6H,1,4-5,7H2,(H,16,17). The van der Waals surface area contributed by atoms with E-state index in [9.17, 15) is 4.79 Å². The number of benzene rings is 1. The molecule has 3 nitrogen and oxygen atoms in total. The fourth-order valence-corrected chi connectivity index (χ4v) is 1.54. The first-order chi connectivity index (χ1) is 8.49. The van der Waals surface area contributed by atoms with Crippen LogP contribution in [0.5, 0.6) is 5.75 Å². The summed E-state index contributed by atoms with van der Waals surface area (Å²) in [4.78, 5) is 11.4. The summed E-state index contributed by atoms with van der Waals surface area (Å²) < 4.78 is 6.10. The summed E-state index contributed by atoms with van der Waals surface area (Å²) in [5.41, 5.74) is 0. The highest BCUT2D eigenvalue weighted by molar-refractivity contribution is 9.11. The predicted molar refractivity (Wildman–Crippen MR) is 77.7 cm³/mol. The molecule has 0 saturated carbocycles. The monoisotopic (exact) mass is 351 g/mol. The Bertz CT molecular complexity index is 452. The Labute approximate surface area is 124 Å². The van der Waals surface area contributed by atoms with Gasteiger partial charge in [0.25, 0.3) is 0 Å². The zero-order valence-electron chi connectivity index (χ0n) is 9.51. The van der Waals surface area contributed by atoms with E-state index in [-0.39, 0.29) is 18.9 Å². The molecule has 1 amide bonds. The van der Waals surface area contributed by atoms with E-state index in [0.717, 1.165) is 4.48 Å². The topological polar surface area (TPSA) is 38.3 Å². The molecule has 1 N–H and O–H groups in total. The highest BCUT2D eigenvalue weighted by atomic mass is 79.9. The second-order valence-corrected chi connectivity index (χ2v) is 5.40. The third-order valence-corrected chi connectivity index (χ3v) is 2.99. The number of amides is 1. The van der Waals surface area contributed by atoms with Crippen molar-refractivity contribution in [2.45, 2.75) is 6.42 Å². The van der Waals surface area contributed by atoms with Crippen molar-refractivity contribution in [2.75, 3.05) is 13.2 Å². The van der Waals surface area contributed by atoms with Gasteiger partial charge in [0, 0.05) is 17.1 Å². The molecule has 0 bridgehead atoms. The number of carbonyl (C=O) groups excluding carboxylic acids is 1. The molecule has 0 fully saturated rings. The summed E-state index contributed by atoms with van der Waals surface area (Å²) in [6.45, 7) is 4.30. The molecule has 0 aromatic heterocycles. The van der Waals surface area contributed by atoms with Crippen molar-refractivity contribution in [3.05, 3.63) is 39.3 Å². The molecule has 6 heteroatoms. The van der Waals surface area contributed by atoms with E-state index in [1.165, 1.54) is 0 Å². The fraction of sp³-hybridized carbons (Fsp3) is 0.250. The number of ether oxygens (including phenoxy) is 1. The number of halogens is 3. The van der Waals surface area contributed by atoms with Gasteiger partial charge >= 0.3 is 0 Å². The van der Waals surface area contributed by atoms with E-state index in [0.29, 0.717) is 22.3 Å². The van der Waals surface area contributed by atoms with Gasteiger partial charge in [0.15, 0.2) is 0 Å². The molecule has 0 radical (unpaired) electrons. The second-order valence-electron chi connectivity index (χ2n) is 3.47. The summed E-state index contributed by atoms with van der Waals surface area (Å²) in [6, 6.07) is 4.96. The van der Waals surface area contributed by atoms with Crippen LogP contribution in [0.4, 0.5) is 0 Å². The van der Waals surface area contributed by atoms with E-state index >= 15 is 0 Å². The molecule has 98 valence electrons. The minimum Gasteiger partial charge on any atom is -0.493 e. The zero-order chi connectivity index (χ0) is 13.5. The minimum atomic E-state index is -0.101. The lowest BCUT2D eigenvalue weighted by molar-refractivity contribution is -0.121. The van der Waals surface area contributed by atoms with E-state index < -0.39 is 0 Å². The lowest BCUT2D eigenvalue weighted by Gasteiger charge is -2.07. The number of nitrogens with one attached hydrogen (secondary N) is 1. The van der Waals surface area contributed by atoms with Gasteiger partial charge in [-0.25, -0.2) is 0 Å². The van der Waals surface area contributed by atoms with Crippen molar-refractivity contribution >= 4 is 45.0 Å². The van der Waals surface area contributed by atoms with E-state index in [1.807, 2.05) is 0 Å². The van der Waals surface area contributed by atoms with Crippen LogP contribution in [0, 0.1) is 0 Å². The summed E-state index contributed by atoms with van der Waals surface area (Å²) in [7, 11) is 0. The highest BCUT2D eigenvalue weighted by Gasteiger charge is 2.03. The Morgan fingerprint density at radius 3 is 2.72 bits per heavy atom. The normalized spacial score (nSPS) is 9.94. The van der Waals surface area contributed by atoms with Crippen LogP contribution in [0.3, 0.4) is 0 Å². The lowest BCUT2D eigenvalue weighted by Crippen LogP contribution is -2.25. The molecule has 0 aliphatic rings. The Hall–Kier alpha value is -0.710. The van der Waals surface area contributed by atoms with Crippen LogP contribution in [-0.4, -0.2) is 19.1 Å². The maximum absolute atomic E-state index is 11.4. The number of rotatable bonds is 6. The van der Waals surface area contributed by atoms with Gasteiger partial charge in [-0.3, -0.25) is 4.79 Å². The summed E-state index contributed by atoms with van der Waals surface area (Å²) in [5.74, 6) is 0.484. The number of hydrogen-bond donors (Lipinski definition) is 1. The van der Waals surface area contributed by atoms with Crippen molar-refractivity contribution in [1.29, 1.82) is 0 Å². The molecule has 0 aliphatic carbocycles. The fourth-order valence-electron chi connectivity index (χ4n) is 1.11. The van der Waals surface area contributed by atoms with Crippen LogP contribution in [0.1, 0.15) is 6.42 Å². The molecular weight excluding hydrogens is 341 g/mol.